The van der Waals surface area contributed by atoms with Gasteiger partial charge in [-0.1, -0.05) is 30.2 Å². The molecule has 1 aliphatic carbocycles. The third kappa shape index (κ3) is 2.35. The highest BCUT2D eigenvalue weighted by molar-refractivity contribution is 6.33. The van der Waals surface area contributed by atoms with Crippen LogP contribution in [0.25, 0.3) is 0 Å². The van der Waals surface area contributed by atoms with Crippen LogP contribution in [0, 0.1) is 11.3 Å². The molecule has 0 aromatic heterocycles. The summed E-state index contributed by atoms with van der Waals surface area (Å²) in [6.45, 7) is 0.784. The average molecular weight is 309 g/mol. The van der Waals surface area contributed by atoms with Crippen molar-refractivity contribution in [2.75, 3.05) is 18.4 Å². The van der Waals surface area contributed by atoms with E-state index < -0.39 is 11.4 Å². The Kier molecular flexibility index (Phi) is 3.53. The molecule has 1 aromatic carbocycles. The molecule has 3 rings (SSSR count). The van der Waals surface area contributed by atoms with Crippen LogP contribution in [0.3, 0.4) is 0 Å². The third-order valence-electron chi connectivity index (χ3n) is 4.70. The largest absolute Gasteiger partial charge is 0.481 e. The van der Waals surface area contributed by atoms with Crippen molar-refractivity contribution in [3.8, 4) is 0 Å². The number of urea groups is 1. The van der Waals surface area contributed by atoms with Crippen molar-refractivity contribution in [1.29, 1.82) is 0 Å². The predicted octanol–water partition coefficient (Wildman–Crippen LogP) is 3.06. The summed E-state index contributed by atoms with van der Waals surface area (Å²) in [6.07, 6.45) is 2.46. The molecule has 2 amide bonds. The van der Waals surface area contributed by atoms with Gasteiger partial charge in [-0.05, 0) is 30.9 Å². The molecule has 0 spiro atoms. The number of likely N-dealkylation sites (tertiary alicyclic amines) is 1. The van der Waals surface area contributed by atoms with E-state index in [0.29, 0.717) is 23.7 Å². The van der Waals surface area contributed by atoms with Crippen LogP contribution in [0.15, 0.2) is 24.3 Å². The number of halogens is 1. The molecule has 0 bridgehead atoms. The van der Waals surface area contributed by atoms with Crippen LogP contribution in [0.2, 0.25) is 5.02 Å². The number of nitrogens with one attached hydrogen (secondary N) is 1. The quantitative estimate of drug-likeness (QED) is 0.882. The van der Waals surface area contributed by atoms with E-state index in [1.807, 2.05) is 0 Å². The van der Waals surface area contributed by atoms with Crippen LogP contribution in [0.4, 0.5) is 10.5 Å². The zero-order valence-electron chi connectivity index (χ0n) is 11.5. The van der Waals surface area contributed by atoms with Gasteiger partial charge in [0.25, 0.3) is 0 Å². The lowest BCUT2D eigenvalue weighted by atomic mass is 9.81. The summed E-state index contributed by atoms with van der Waals surface area (Å²) in [7, 11) is 0. The first-order valence-electron chi connectivity index (χ1n) is 7.07. The SMILES string of the molecule is O=C(Nc1ccccc1Cl)N1C[C@@H]2CCC[C@@]2(C(=O)O)C1. The number of amides is 2. The predicted molar refractivity (Wildman–Crippen MR) is 79.5 cm³/mol. The molecular weight excluding hydrogens is 292 g/mol. The summed E-state index contributed by atoms with van der Waals surface area (Å²) in [5.74, 6) is -0.718. The van der Waals surface area contributed by atoms with E-state index in [0.717, 1.165) is 12.8 Å². The molecule has 2 aliphatic rings. The lowest BCUT2D eigenvalue weighted by molar-refractivity contribution is -0.149. The van der Waals surface area contributed by atoms with E-state index in [-0.39, 0.29) is 18.5 Å². The normalized spacial score (nSPS) is 27.5. The summed E-state index contributed by atoms with van der Waals surface area (Å²) in [6, 6.07) is 6.73. The molecule has 2 N–H and O–H groups in total. The minimum Gasteiger partial charge on any atom is -0.481 e. The Balaban J connectivity index is 1.73. The summed E-state index contributed by atoms with van der Waals surface area (Å²) in [5.41, 5.74) is -0.205. The van der Waals surface area contributed by atoms with E-state index in [4.69, 9.17) is 11.6 Å². The van der Waals surface area contributed by atoms with Gasteiger partial charge in [0.15, 0.2) is 0 Å². The second kappa shape index (κ2) is 5.22. The maximum Gasteiger partial charge on any atom is 0.321 e. The van der Waals surface area contributed by atoms with Gasteiger partial charge >= 0.3 is 12.0 Å². The standard InChI is InChI=1S/C15H17ClN2O3/c16-11-5-1-2-6-12(11)17-14(21)18-8-10-4-3-7-15(10,9-18)13(19)20/h1-2,5-6,10H,3-4,7-9H2,(H,17,21)(H,19,20)/t10-,15+/m0/s1. The van der Waals surface area contributed by atoms with Crippen LogP contribution in [0.5, 0.6) is 0 Å². The number of carbonyl (C=O) groups is 2. The lowest BCUT2D eigenvalue weighted by Crippen LogP contribution is -2.38. The molecule has 1 heterocycles. The van der Waals surface area contributed by atoms with Crippen LogP contribution in [0.1, 0.15) is 19.3 Å². The Morgan fingerprint density at radius 1 is 1.38 bits per heavy atom. The Bertz CT molecular complexity index is 592. The van der Waals surface area contributed by atoms with Gasteiger partial charge in [-0.25, -0.2) is 4.79 Å². The highest BCUT2D eigenvalue weighted by Gasteiger charge is 2.55. The highest BCUT2D eigenvalue weighted by atomic mass is 35.5. The van der Waals surface area contributed by atoms with Crippen molar-refractivity contribution in [3.05, 3.63) is 29.3 Å². The molecule has 0 unspecified atom stereocenters. The molecule has 21 heavy (non-hydrogen) atoms. The number of carboxylic acid groups (broad SMARTS) is 1. The van der Waals surface area contributed by atoms with Gasteiger partial charge in [-0.3, -0.25) is 4.79 Å². The number of fused-ring (bicyclic) bond motifs is 1. The van der Waals surface area contributed by atoms with Gasteiger partial charge in [0.2, 0.25) is 0 Å². The number of carbonyl (C=O) groups excluding carboxylic acids is 1. The fraction of sp³-hybridized carbons (Fsp3) is 0.467. The van der Waals surface area contributed by atoms with Crippen LogP contribution in [-0.2, 0) is 4.79 Å². The lowest BCUT2D eigenvalue weighted by Gasteiger charge is -2.23. The van der Waals surface area contributed by atoms with Gasteiger partial charge in [0.1, 0.15) is 0 Å². The molecule has 0 radical (unpaired) electrons. The number of rotatable bonds is 2. The van der Waals surface area contributed by atoms with Gasteiger partial charge in [0.05, 0.1) is 16.1 Å². The molecule has 112 valence electrons. The molecule has 1 saturated heterocycles. The zero-order valence-corrected chi connectivity index (χ0v) is 12.3. The average Bonchev–Trinajstić information content (AvgIpc) is 2.99. The number of hydrogen-bond acceptors (Lipinski definition) is 2. The number of aliphatic carboxylic acids is 1. The first kappa shape index (κ1) is 14.2. The smallest absolute Gasteiger partial charge is 0.321 e. The topological polar surface area (TPSA) is 69.6 Å². The third-order valence-corrected chi connectivity index (χ3v) is 5.03. The zero-order chi connectivity index (χ0) is 15.0. The second-order valence-corrected chi connectivity index (χ2v) is 6.25. The van der Waals surface area contributed by atoms with Crippen LogP contribution < -0.4 is 5.32 Å². The molecule has 5 nitrogen and oxygen atoms in total. The van der Waals surface area contributed by atoms with E-state index >= 15 is 0 Å². The molecule has 2 fully saturated rings. The number of benzene rings is 1. The van der Waals surface area contributed by atoms with Gasteiger partial charge in [0, 0.05) is 13.1 Å². The monoisotopic (exact) mass is 308 g/mol. The van der Waals surface area contributed by atoms with Crippen molar-refractivity contribution in [2.45, 2.75) is 19.3 Å². The van der Waals surface area contributed by atoms with E-state index in [9.17, 15) is 14.7 Å². The fourth-order valence-electron chi connectivity index (χ4n) is 3.55. The molecule has 2 atom stereocenters. The summed E-state index contributed by atoms with van der Waals surface area (Å²) in [5, 5.41) is 12.8. The van der Waals surface area contributed by atoms with E-state index in [1.165, 1.54) is 0 Å². The highest BCUT2D eigenvalue weighted by Crippen LogP contribution is 2.48. The van der Waals surface area contributed by atoms with Crippen molar-refractivity contribution in [1.82, 2.24) is 4.90 Å². The van der Waals surface area contributed by atoms with Crippen molar-refractivity contribution >= 4 is 29.3 Å². The summed E-state index contributed by atoms with van der Waals surface area (Å²) >= 11 is 6.02. The second-order valence-electron chi connectivity index (χ2n) is 5.84. The number of para-hydroxylation sites is 1. The Hall–Kier alpha value is -1.75. The van der Waals surface area contributed by atoms with E-state index in [2.05, 4.69) is 5.32 Å². The molecule has 1 saturated carbocycles. The summed E-state index contributed by atoms with van der Waals surface area (Å²) < 4.78 is 0. The number of carboxylic acids is 1. The van der Waals surface area contributed by atoms with Gasteiger partial charge < -0.3 is 15.3 Å². The molecule has 6 heteroatoms. The first-order chi connectivity index (χ1) is 10.0. The number of hydrogen-bond donors (Lipinski definition) is 2. The van der Waals surface area contributed by atoms with Crippen molar-refractivity contribution in [3.63, 3.8) is 0 Å². The minimum atomic E-state index is -0.780. The number of anilines is 1. The van der Waals surface area contributed by atoms with Gasteiger partial charge in [-0.15, -0.1) is 0 Å². The number of nitrogens with zero attached hydrogens (tertiary/aromatic N) is 1. The van der Waals surface area contributed by atoms with Gasteiger partial charge in [-0.2, -0.15) is 0 Å². The van der Waals surface area contributed by atoms with Crippen LogP contribution >= 0.6 is 11.6 Å². The maximum atomic E-state index is 12.3. The maximum absolute atomic E-state index is 12.3. The van der Waals surface area contributed by atoms with Crippen molar-refractivity contribution in [2.24, 2.45) is 11.3 Å². The Labute approximate surface area is 127 Å². The summed E-state index contributed by atoms with van der Waals surface area (Å²) in [4.78, 5) is 25.5. The molecule has 1 aliphatic heterocycles. The van der Waals surface area contributed by atoms with Crippen molar-refractivity contribution < 1.29 is 14.7 Å². The van der Waals surface area contributed by atoms with Crippen LogP contribution in [-0.4, -0.2) is 35.1 Å². The Morgan fingerprint density at radius 3 is 2.81 bits per heavy atom. The van der Waals surface area contributed by atoms with E-state index in [1.54, 1.807) is 29.2 Å². The fourth-order valence-corrected chi connectivity index (χ4v) is 3.73. The Morgan fingerprint density at radius 2 is 2.14 bits per heavy atom. The molecule has 1 aromatic rings. The minimum absolute atomic E-state index is 0.0620. The first-order valence-corrected chi connectivity index (χ1v) is 7.44. The molecular formula is C15H17ClN2O3.